The van der Waals surface area contributed by atoms with Crippen molar-refractivity contribution < 1.29 is 0 Å². The van der Waals surface area contributed by atoms with Crippen molar-refractivity contribution in [1.29, 1.82) is 0 Å². The Labute approximate surface area is 72.5 Å². The van der Waals surface area contributed by atoms with E-state index in [4.69, 9.17) is 5.73 Å². The van der Waals surface area contributed by atoms with Gasteiger partial charge < -0.3 is 5.73 Å². The molecule has 0 unspecified atom stereocenters. The number of aliphatic imine (C=N–C) groups is 1. The van der Waals surface area contributed by atoms with Crippen molar-refractivity contribution in [2.45, 2.75) is 6.92 Å². The average Bonchev–Trinajstić information content (AvgIpc) is 2.34. The summed E-state index contributed by atoms with van der Waals surface area (Å²) in [7, 11) is 0. The molecule has 0 atom stereocenters. The summed E-state index contributed by atoms with van der Waals surface area (Å²) in [6.07, 6.45) is 5.28. The van der Waals surface area contributed by atoms with E-state index < -0.39 is 0 Å². The van der Waals surface area contributed by atoms with Gasteiger partial charge in [0.15, 0.2) is 0 Å². The molecule has 0 spiro atoms. The maximum absolute atomic E-state index is 5.67. The van der Waals surface area contributed by atoms with Crippen molar-refractivity contribution in [2.24, 2.45) is 10.7 Å². The van der Waals surface area contributed by atoms with Crippen molar-refractivity contribution in [1.82, 2.24) is 0 Å². The molecule has 0 heterocycles. The molecular weight excluding hydrogens is 148 g/mol. The second-order valence-electron chi connectivity index (χ2n) is 2.59. The number of amidine groups is 1. The minimum absolute atomic E-state index is 0.498. The monoisotopic (exact) mass is 160 g/mol. The van der Waals surface area contributed by atoms with Gasteiger partial charge in [-0.05, 0) is 18.1 Å². The molecule has 0 saturated heterocycles. The van der Waals surface area contributed by atoms with Gasteiger partial charge in [-0.25, -0.2) is 4.99 Å². The molecular formula is C10H12N2. The fraction of sp³-hybridized carbons (Fsp3) is 0.100. The van der Waals surface area contributed by atoms with Gasteiger partial charge in [0, 0.05) is 11.8 Å². The number of hydrogen-bond donors (Lipinski definition) is 1. The van der Waals surface area contributed by atoms with Gasteiger partial charge in [-0.1, -0.05) is 25.3 Å². The van der Waals surface area contributed by atoms with E-state index in [1.54, 1.807) is 0 Å². The molecule has 2 N–H and O–H groups in total. The third kappa shape index (κ3) is 1.37. The van der Waals surface area contributed by atoms with E-state index >= 15 is 0 Å². The molecule has 0 radical (unpaired) electrons. The lowest BCUT2D eigenvalue weighted by molar-refractivity contribution is 1.42. The first-order chi connectivity index (χ1) is 5.66. The first-order valence-electron chi connectivity index (χ1n) is 3.69. The molecule has 2 heteroatoms. The summed E-state index contributed by atoms with van der Waals surface area (Å²) in [5, 5.41) is 0. The van der Waals surface area contributed by atoms with E-state index in [-0.39, 0.29) is 0 Å². The van der Waals surface area contributed by atoms with Gasteiger partial charge in [0.2, 0.25) is 0 Å². The summed E-state index contributed by atoms with van der Waals surface area (Å²) in [5.41, 5.74) is 8.69. The normalized spacial score (nSPS) is 17.4. The lowest BCUT2D eigenvalue weighted by Crippen LogP contribution is -2.13. The summed E-state index contributed by atoms with van der Waals surface area (Å²) in [6.45, 7) is 9.30. The summed E-state index contributed by atoms with van der Waals surface area (Å²) in [5.74, 6) is 0.498. The molecule has 0 bridgehead atoms. The second-order valence-corrected chi connectivity index (χ2v) is 2.59. The predicted molar refractivity (Wildman–Crippen MR) is 52.8 cm³/mol. The first-order valence-corrected chi connectivity index (χ1v) is 3.69. The van der Waals surface area contributed by atoms with Crippen molar-refractivity contribution in [3.05, 3.63) is 48.2 Å². The molecule has 0 amide bonds. The van der Waals surface area contributed by atoms with Crippen LogP contribution < -0.4 is 5.73 Å². The lowest BCUT2D eigenvalue weighted by atomic mass is 10.1. The van der Waals surface area contributed by atoms with E-state index in [0.717, 1.165) is 16.7 Å². The molecule has 0 aromatic heterocycles. The van der Waals surface area contributed by atoms with Crippen molar-refractivity contribution >= 4 is 5.84 Å². The van der Waals surface area contributed by atoms with Gasteiger partial charge in [-0.15, -0.1) is 0 Å². The van der Waals surface area contributed by atoms with E-state index in [1.807, 2.05) is 19.1 Å². The number of allylic oxidation sites excluding steroid dienone is 3. The number of nitrogens with two attached hydrogens (primary N) is 1. The molecule has 1 rings (SSSR count). The van der Waals surface area contributed by atoms with Crippen LogP contribution in [0.2, 0.25) is 0 Å². The molecule has 62 valence electrons. The topological polar surface area (TPSA) is 38.4 Å². The van der Waals surface area contributed by atoms with Gasteiger partial charge in [0.05, 0.1) is 0 Å². The maximum Gasteiger partial charge on any atom is 0.130 e. The van der Waals surface area contributed by atoms with E-state index in [1.165, 1.54) is 6.20 Å². The minimum atomic E-state index is 0.498. The van der Waals surface area contributed by atoms with Gasteiger partial charge in [-0.3, -0.25) is 0 Å². The van der Waals surface area contributed by atoms with Crippen LogP contribution in [0.1, 0.15) is 6.92 Å². The Hall–Kier alpha value is -1.57. The second kappa shape index (κ2) is 3.22. The van der Waals surface area contributed by atoms with Crippen molar-refractivity contribution in [2.75, 3.05) is 0 Å². The Bertz CT molecular complexity index is 317. The smallest absolute Gasteiger partial charge is 0.130 e. The summed E-state index contributed by atoms with van der Waals surface area (Å²) in [6, 6.07) is 0. The number of hydrogen-bond acceptors (Lipinski definition) is 1. The first kappa shape index (κ1) is 8.53. The highest BCUT2D eigenvalue weighted by Gasteiger charge is 2.10. The molecule has 2 nitrogen and oxygen atoms in total. The zero-order valence-electron chi connectivity index (χ0n) is 7.17. The van der Waals surface area contributed by atoms with Crippen LogP contribution in [-0.4, -0.2) is 5.84 Å². The van der Waals surface area contributed by atoms with E-state index in [9.17, 15) is 0 Å². The molecule has 12 heavy (non-hydrogen) atoms. The predicted octanol–water partition coefficient (Wildman–Crippen LogP) is 1.93. The zero-order valence-corrected chi connectivity index (χ0v) is 7.17. The third-order valence-electron chi connectivity index (χ3n) is 1.84. The fourth-order valence-electron chi connectivity index (χ4n) is 1.05. The van der Waals surface area contributed by atoms with Gasteiger partial charge >= 0.3 is 0 Å². The Kier molecular flexibility index (Phi) is 2.29. The summed E-state index contributed by atoms with van der Waals surface area (Å²) < 4.78 is 0. The molecule has 0 aliphatic heterocycles. The van der Waals surface area contributed by atoms with Crippen LogP contribution >= 0.6 is 0 Å². The van der Waals surface area contributed by atoms with Gasteiger partial charge in [0.25, 0.3) is 0 Å². The summed E-state index contributed by atoms with van der Waals surface area (Å²) >= 11 is 0. The minimum Gasteiger partial charge on any atom is -0.383 e. The average molecular weight is 160 g/mol. The van der Waals surface area contributed by atoms with Crippen molar-refractivity contribution in [3.63, 3.8) is 0 Å². The van der Waals surface area contributed by atoms with Crippen LogP contribution in [0.3, 0.4) is 0 Å². The lowest BCUT2D eigenvalue weighted by Gasteiger charge is -2.00. The van der Waals surface area contributed by atoms with Crippen LogP contribution in [0, 0.1) is 0 Å². The Morgan fingerprint density at radius 2 is 2.25 bits per heavy atom. The Morgan fingerprint density at radius 1 is 1.58 bits per heavy atom. The molecule has 0 fully saturated rings. The van der Waals surface area contributed by atoms with E-state index in [2.05, 4.69) is 18.2 Å². The number of nitrogens with zero attached hydrogens (tertiary/aromatic N) is 1. The van der Waals surface area contributed by atoms with E-state index in [0.29, 0.717) is 5.84 Å². The quantitative estimate of drug-likeness (QED) is 0.486. The highest BCUT2D eigenvalue weighted by atomic mass is 14.8. The highest BCUT2D eigenvalue weighted by Crippen LogP contribution is 2.22. The highest BCUT2D eigenvalue weighted by molar-refractivity contribution is 6.02. The SMILES string of the molecule is C=CN=C(N)C1=C(C)C(=C)C=C1. The van der Waals surface area contributed by atoms with Gasteiger partial charge in [-0.2, -0.15) is 0 Å². The fourth-order valence-corrected chi connectivity index (χ4v) is 1.05. The van der Waals surface area contributed by atoms with Crippen LogP contribution in [0.15, 0.2) is 53.2 Å². The van der Waals surface area contributed by atoms with Gasteiger partial charge in [0.1, 0.15) is 5.84 Å². The van der Waals surface area contributed by atoms with Crippen molar-refractivity contribution in [3.8, 4) is 0 Å². The number of rotatable bonds is 2. The maximum atomic E-state index is 5.67. The molecule has 0 aromatic rings. The van der Waals surface area contributed by atoms with Crippen LogP contribution in [0.5, 0.6) is 0 Å². The van der Waals surface area contributed by atoms with Crippen LogP contribution in [-0.2, 0) is 0 Å². The molecule has 1 aliphatic rings. The molecule has 1 aliphatic carbocycles. The third-order valence-corrected chi connectivity index (χ3v) is 1.84. The summed E-state index contributed by atoms with van der Waals surface area (Å²) in [4.78, 5) is 3.90. The van der Waals surface area contributed by atoms with Crippen LogP contribution in [0.25, 0.3) is 0 Å². The molecule has 0 aromatic carbocycles. The van der Waals surface area contributed by atoms with Crippen LogP contribution in [0.4, 0.5) is 0 Å². The largest absolute Gasteiger partial charge is 0.383 e. The Balaban J connectivity index is 3.05. The molecule has 0 saturated carbocycles. The Morgan fingerprint density at radius 3 is 2.67 bits per heavy atom. The zero-order chi connectivity index (χ0) is 9.14. The standard InChI is InChI=1S/C10H12N2/c1-4-12-10(11)9-6-5-7(2)8(9)3/h4-6H,1-2H2,3H3,(H2,11,12).